The van der Waals surface area contributed by atoms with E-state index in [1.165, 1.54) is 38.4 Å². The van der Waals surface area contributed by atoms with Crippen molar-refractivity contribution < 1.29 is 19.2 Å². The number of hydrogen-bond acceptors (Lipinski definition) is 4. The molecule has 0 saturated carbocycles. The molecule has 0 atom stereocenters. The van der Waals surface area contributed by atoms with Crippen molar-refractivity contribution >= 4 is 35.0 Å². The lowest BCUT2D eigenvalue weighted by Crippen LogP contribution is -2.19. The van der Waals surface area contributed by atoms with Crippen LogP contribution in [0.2, 0.25) is 0 Å². The predicted octanol–water partition coefficient (Wildman–Crippen LogP) is 2.91. The Morgan fingerprint density at radius 2 is 0.875 bits per heavy atom. The highest BCUT2D eigenvalue weighted by Crippen LogP contribution is 2.15. The molecule has 0 aromatic heterocycles. The monoisotopic (exact) mass is 430 g/mol. The normalized spacial score (nSPS) is 10.1. The third-order valence-corrected chi connectivity index (χ3v) is 4.63. The Hall–Kier alpha value is -4.46. The van der Waals surface area contributed by atoms with E-state index in [1.54, 1.807) is 48.5 Å². The largest absolute Gasteiger partial charge is 0.355 e. The third kappa shape index (κ3) is 5.37. The Kier molecular flexibility index (Phi) is 6.97. The van der Waals surface area contributed by atoms with Crippen LogP contribution in [0.1, 0.15) is 41.4 Å². The second kappa shape index (κ2) is 10.0. The molecule has 8 heteroatoms. The zero-order valence-corrected chi connectivity index (χ0v) is 17.6. The molecule has 0 saturated heterocycles. The first-order valence-corrected chi connectivity index (χ1v) is 9.78. The standard InChI is InChI=1S/C24H22N4O4/c1-25-21(29)17-5-3-7-19(13-17)27-23(31)15-9-11-16(12-10-15)24(32)28-20-8-4-6-18(14-20)22(30)26-2/h3-14H,1-2H3,(H,25,29)(H,26,30)(H,27,31)(H,28,32). The van der Waals surface area contributed by atoms with Gasteiger partial charge in [-0.05, 0) is 60.7 Å². The Morgan fingerprint density at radius 3 is 1.22 bits per heavy atom. The van der Waals surface area contributed by atoms with Crippen LogP contribution in [0, 0.1) is 0 Å². The van der Waals surface area contributed by atoms with Crippen LogP contribution in [0.25, 0.3) is 0 Å². The topological polar surface area (TPSA) is 116 Å². The maximum Gasteiger partial charge on any atom is 0.255 e. The summed E-state index contributed by atoms with van der Waals surface area (Å²) in [5.41, 5.74) is 2.53. The first-order chi connectivity index (χ1) is 15.4. The highest BCUT2D eigenvalue weighted by molar-refractivity contribution is 6.08. The number of rotatable bonds is 6. The summed E-state index contributed by atoms with van der Waals surface area (Å²) in [5.74, 6) is -1.25. The van der Waals surface area contributed by atoms with E-state index < -0.39 is 0 Å². The average Bonchev–Trinajstić information content (AvgIpc) is 2.83. The lowest BCUT2D eigenvalue weighted by Gasteiger charge is -2.09. The minimum Gasteiger partial charge on any atom is -0.355 e. The average molecular weight is 430 g/mol. The van der Waals surface area contributed by atoms with E-state index in [0.29, 0.717) is 33.6 Å². The second-order valence-electron chi connectivity index (χ2n) is 6.81. The van der Waals surface area contributed by atoms with Gasteiger partial charge in [-0.25, -0.2) is 0 Å². The molecule has 0 fully saturated rings. The fourth-order valence-corrected chi connectivity index (χ4v) is 2.94. The molecule has 162 valence electrons. The van der Waals surface area contributed by atoms with Crippen LogP contribution in [-0.2, 0) is 0 Å². The predicted molar refractivity (Wildman–Crippen MR) is 122 cm³/mol. The number of hydrogen-bond donors (Lipinski definition) is 4. The summed E-state index contributed by atoms with van der Waals surface area (Å²) in [6.45, 7) is 0. The van der Waals surface area contributed by atoms with Crippen molar-refractivity contribution in [1.82, 2.24) is 10.6 Å². The number of nitrogens with one attached hydrogen (secondary N) is 4. The van der Waals surface area contributed by atoms with Gasteiger partial charge in [0.25, 0.3) is 23.6 Å². The molecular weight excluding hydrogens is 408 g/mol. The van der Waals surface area contributed by atoms with Gasteiger partial charge < -0.3 is 21.3 Å². The van der Waals surface area contributed by atoms with E-state index in [2.05, 4.69) is 21.3 Å². The Balaban J connectivity index is 1.67. The Bertz CT molecular complexity index is 1080. The lowest BCUT2D eigenvalue weighted by molar-refractivity contribution is 0.0955. The molecule has 0 aliphatic heterocycles. The van der Waals surface area contributed by atoms with E-state index >= 15 is 0 Å². The quantitative estimate of drug-likeness (QED) is 0.481. The Labute approximate surface area is 185 Å². The van der Waals surface area contributed by atoms with E-state index in [0.717, 1.165) is 0 Å². The molecule has 0 radical (unpaired) electrons. The molecule has 8 nitrogen and oxygen atoms in total. The Morgan fingerprint density at radius 1 is 0.500 bits per heavy atom. The zero-order valence-electron chi connectivity index (χ0n) is 17.6. The molecule has 32 heavy (non-hydrogen) atoms. The van der Waals surface area contributed by atoms with Crippen molar-refractivity contribution in [3.8, 4) is 0 Å². The van der Waals surface area contributed by atoms with E-state index in [4.69, 9.17) is 0 Å². The van der Waals surface area contributed by atoms with Gasteiger partial charge in [0.2, 0.25) is 0 Å². The molecule has 4 amide bonds. The van der Waals surface area contributed by atoms with Crippen molar-refractivity contribution in [2.75, 3.05) is 24.7 Å². The molecule has 0 aliphatic carbocycles. The zero-order chi connectivity index (χ0) is 23.1. The molecule has 4 N–H and O–H groups in total. The maximum atomic E-state index is 12.5. The fraction of sp³-hybridized carbons (Fsp3) is 0.0833. The van der Waals surface area contributed by atoms with Gasteiger partial charge in [-0.3, -0.25) is 19.2 Å². The molecule has 0 aliphatic rings. The lowest BCUT2D eigenvalue weighted by atomic mass is 10.1. The van der Waals surface area contributed by atoms with Crippen LogP contribution in [0.5, 0.6) is 0 Å². The third-order valence-electron chi connectivity index (χ3n) is 4.63. The molecular formula is C24H22N4O4. The fourth-order valence-electron chi connectivity index (χ4n) is 2.94. The van der Waals surface area contributed by atoms with Gasteiger partial charge in [0.1, 0.15) is 0 Å². The van der Waals surface area contributed by atoms with Gasteiger partial charge >= 0.3 is 0 Å². The van der Waals surface area contributed by atoms with Crippen molar-refractivity contribution in [2.45, 2.75) is 0 Å². The summed E-state index contributed by atoms with van der Waals surface area (Å²) in [7, 11) is 3.06. The summed E-state index contributed by atoms with van der Waals surface area (Å²) < 4.78 is 0. The van der Waals surface area contributed by atoms with Crippen molar-refractivity contribution in [3.63, 3.8) is 0 Å². The second-order valence-corrected chi connectivity index (χ2v) is 6.81. The highest BCUT2D eigenvalue weighted by atomic mass is 16.2. The van der Waals surface area contributed by atoms with Gasteiger partial charge in [0.15, 0.2) is 0 Å². The van der Waals surface area contributed by atoms with Crippen LogP contribution in [0.15, 0.2) is 72.8 Å². The van der Waals surface area contributed by atoms with Crippen LogP contribution < -0.4 is 21.3 Å². The first kappa shape index (κ1) is 22.2. The molecule has 3 rings (SSSR count). The maximum absolute atomic E-state index is 12.5. The summed E-state index contributed by atoms with van der Waals surface area (Å²) in [6.07, 6.45) is 0. The van der Waals surface area contributed by atoms with E-state index in [9.17, 15) is 19.2 Å². The minimum absolute atomic E-state index is 0.252. The summed E-state index contributed by atoms with van der Waals surface area (Å²) >= 11 is 0. The number of carbonyl (C=O) groups is 4. The number of carbonyl (C=O) groups excluding carboxylic acids is 4. The summed E-state index contributed by atoms with van der Waals surface area (Å²) in [5, 5.41) is 10.5. The molecule has 0 unspecified atom stereocenters. The molecule has 0 bridgehead atoms. The van der Waals surface area contributed by atoms with Gasteiger partial charge in [-0.15, -0.1) is 0 Å². The van der Waals surface area contributed by atoms with Crippen molar-refractivity contribution in [1.29, 1.82) is 0 Å². The van der Waals surface area contributed by atoms with Crippen LogP contribution in [-0.4, -0.2) is 37.7 Å². The van der Waals surface area contributed by atoms with Crippen molar-refractivity contribution in [2.24, 2.45) is 0 Å². The summed E-state index contributed by atoms with van der Waals surface area (Å²) in [6, 6.07) is 19.3. The van der Waals surface area contributed by atoms with Gasteiger partial charge in [0, 0.05) is 47.7 Å². The van der Waals surface area contributed by atoms with Crippen molar-refractivity contribution in [3.05, 3.63) is 95.1 Å². The van der Waals surface area contributed by atoms with Crippen LogP contribution in [0.4, 0.5) is 11.4 Å². The minimum atomic E-state index is -0.371. The molecule has 0 heterocycles. The number of amides is 4. The van der Waals surface area contributed by atoms with Gasteiger partial charge in [-0.1, -0.05) is 12.1 Å². The first-order valence-electron chi connectivity index (χ1n) is 9.78. The number of anilines is 2. The smallest absolute Gasteiger partial charge is 0.255 e. The van der Waals surface area contributed by atoms with Gasteiger partial charge in [0.05, 0.1) is 0 Å². The molecule has 3 aromatic rings. The highest BCUT2D eigenvalue weighted by Gasteiger charge is 2.12. The van der Waals surface area contributed by atoms with Gasteiger partial charge in [-0.2, -0.15) is 0 Å². The van der Waals surface area contributed by atoms with Crippen LogP contribution >= 0.6 is 0 Å². The van der Waals surface area contributed by atoms with Crippen LogP contribution in [0.3, 0.4) is 0 Å². The van der Waals surface area contributed by atoms with E-state index in [-0.39, 0.29) is 23.6 Å². The van der Waals surface area contributed by atoms with E-state index in [1.807, 2.05) is 0 Å². The summed E-state index contributed by atoms with van der Waals surface area (Å²) in [4.78, 5) is 48.5. The number of benzene rings is 3. The molecule has 0 spiro atoms. The SMILES string of the molecule is CNC(=O)c1cccc(NC(=O)c2ccc(C(=O)Nc3cccc(C(=O)NC)c3)cc2)c1. The molecule has 3 aromatic carbocycles.